The summed E-state index contributed by atoms with van der Waals surface area (Å²) in [6, 6.07) is 0. The number of nitrogens with one attached hydrogen (secondary N) is 1. The van der Waals surface area contributed by atoms with Crippen molar-refractivity contribution >= 4 is 18.3 Å². The highest BCUT2D eigenvalue weighted by Gasteiger charge is 2.29. The molecule has 5 nitrogen and oxygen atoms in total. The van der Waals surface area contributed by atoms with Gasteiger partial charge in [-0.1, -0.05) is 0 Å². The summed E-state index contributed by atoms with van der Waals surface area (Å²) >= 11 is 0. The molecule has 2 rings (SSSR count). The number of nitrogens with two attached hydrogens (primary N) is 1. The Bertz CT molecular complexity index is 275. The third kappa shape index (κ3) is 6.08. The van der Waals surface area contributed by atoms with Gasteiger partial charge in [0, 0.05) is 26.3 Å². The van der Waals surface area contributed by atoms with Crippen molar-refractivity contribution in [3.63, 3.8) is 0 Å². The molecule has 6 heteroatoms. The van der Waals surface area contributed by atoms with Crippen LogP contribution in [0.5, 0.6) is 0 Å². The molecule has 2 aliphatic rings. The molecule has 0 bridgehead atoms. The second kappa shape index (κ2) is 8.74. The molecule has 1 amide bonds. The number of carbonyl (C=O) groups is 1. The normalized spacial score (nSPS) is 25.9. The second-order valence-electron chi connectivity index (χ2n) is 5.22. The molecule has 3 N–H and O–H groups in total. The molecule has 1 saturated heterocycles. The summed E-state index contributed by atoms with van der Waals surface area (Å²) in [6.07, 6.45) is 4.93. The van der Waals surface area contributed by atoms with Gasteiger partial charge in [-0.3, -0.25) is 4.79 Å². The first-order valence-corrected chi connectivity index (χ1v) is 7.00. The van der Waals surface area contributed by atoms with Crippen molar-refractivity contribution in [3.8, 4) is 0 Å². The third-order valence-electron chi connectivity index (χ3n) is 3.48. The molecule has 0 radical (unpaired) electrons. The highest BCUT2D eigenvalue weighted by Crippen LogP contribution is 2.28. The van der Waals surface area contributed by atoms with Gasteiger partial charge >= 0.3 is 0 Å². The zero-order valence-corrected chi connectivity index (χ0v) is 12.1. The van der Waals surface area contributed by atoms with Crippen LogP contribution in [-0.2, 0) is 14.3 Å². The van der Waals surface area contributed by atoms with Crippen LogP contribution in [0.25, 0.3) is 0 Å². The van der Waals surface area contributed by atoms with Gasteiger partial charge in [-0.25, -0.2) is 0 Å². The van der Waals surface area contributed by atoms with E-state index in [-0.39, 0.29) is 30.5 Å². The largest absolute Gasteiger partial charge is 0.381 e. The third-order valence-corrected chi connectivity index (χ3v) is 3.48. The molecule has 1 aliphatic carbocycles. The predicted octanol–water partition coefficient (Wildman–Crippen LogP) is 0.847. The van der Waals surface area contributed by atoms with Crippen molar-refractivity contribution in [2.24, 2.45) is 11.7 Å². The summed E-state index contributed by atoms with van der Waals surface area (Å²) in [5.41, 5.74) is 5.51. The van der Waals surface area contributed by atoms with Crippen molar-refractivity contribution in [2.45, 2.75) is 44.3 Å². The van der Waals surface area contributed by atoms with Gasteiger partial charge < -0.3 is 20.5 Å². The number of amides is 1. The van der Waals surface area contributed by atoms with Gasteiger partial charge in [-0.15, -0.1) is 12.4 Å². The standard InChI is InChI=1S/C13H24N2O3.ClH/c14-8-11-4-5-12(18-11)13(16)15-6-1-7-17-9-10-2-3-10;/h10-12H,1-9,14H2,(H,15,16);1H/t11-,12+;/m1./s1. The summed E-state index contributed by atoms with van der Waals surface area (Å²) in [7, 11) is 0. The molecule has 1 heterocycles. The van der Waals surface area contributed by atoms with Crippen molar-refractivity contribution in [1.29, 1.82) is 0 Å². The Kier molecular flexibility index (Phi) is 7.68. The minimum atomic E-state index is -0.300. The molecule has 0 aromatic rings. The maximum absolute atomic E-state index is 11.7. The monoisotopic (exact) mass is 292 g/mol. The Balaban J connectivity index is 0.00000180. The Morgan fingerprint density at radius 3 is 2.74 bits per heavy atom. The molecule has 1 saturated carbocycles. The van der Waals surface area contributed by atoms with Crippen LogP contribution >= 0.6 is 12.4 Å². The first-order chi connectivity index (χ1) is 8.79. The Hall–Kier alpha value is -0.360. The average Bonchev–Trinajstić information content (AvgIpc) is 3.07. The van der Waals surface area contributed by atoms with Gasteiger partial charge in [0.1, 0.15) is 6.10 Å². The molecule has 1 aliphatic heterocycles. The van der Waals surface area contributed by atoms with E-state index in [2.05, 4.69) is 5.32 Å². The van der Waals surface area contributed by atoms with Crippen LogP contribution in [0.2, 0.25) is 0 Å². The topological polar surface area (TPSA) is 73.6 Å². The van der Waals surface area contributed by atoms with Crippen molar-refractivity contribution < 1.29 is 14.3 Å². The molecule has 19 heavy (non-hydrogen) atoms. The SMILES string of the molecule is Cl.NC[C@H]1CC[C@@H](C(=O)NCCCOCC2CC2)O1. The van der Waals surface area contributed by atoms with E-state index in [9.17, 15) is 4.79 Å². The smallest absolute Gasteiger partial charge is 0.249 e. The number of halogens is 1. The van der Waals surface area contributed by atoms with Crippen LogP contribution in [0.1, 0.15) is 32.1 Å². The molecular weight excluding hydrogens is 268 g/mol. The van der Waals surface area contributed by atoms with Crippen LogP contribution in [0.4, 0.5) is 0 Å². The van der Waals surface area contributed by atoms with E-state index in [0.29, 0.717) is 13.1 Å². The fourth-order valence-corrected chi connectivity index (χ4v) is 2.11. The Morgan fingerprint density at radius 2 is 2.11 bits per heavy atom. The minimum absolute atomic E-state index is 0. The van der Waals surface area contributed by atoms with Crippen LogP contribution in [0, 0.1) is 5.92 Å². The second-order valence-corrected chi connectivity index (χ2v) is 5.22. The highest BCUT2D eigenvalue weighted by molar-refractivity contribution is 5.85. The molecule has 0 aromatic heterocycles. The van der Waals surface area contributed by atoms with Crippen molar-refractivity contribution in [3.05, 3.63) is 0 Å². The minimum Gasteiger partial charge on any atom is -0.381 e. The predicted molar refractivity (Wildman–Crippen MR) is 75.4 cm³/mol. The average molecular weight is 293 g/mol. The summed E-state index contributed by atoms with van der Waals surface area (Å²) in [6.45, 7) is 2.78. The quantitative estimate of drug-likeness (QED) is 0.651. The van der Waals surface area contributed by atoms with Crippen LogP contribution < -0.4 is 11.1 Å². The Morgan fingerprint density at radius 1 is 1.32 bits per heavy atom. The van der Waals surface area contributed by atoms with Gasteiger partial charge in [-0.2, -0.15) is 0 Å². The van der Waals surface area contributed by atoms with Crippen LogP contribution in [0.15, 0.2) is 0 Å². The lowest BCUT2D eigenvalue weighted by atomic mass is 10.2. The first kappa shape index (κ1) is 16.7. The summed E-state index contributed by atoms with van der Waals surface area (Å²) in [4.78, 5) is 11.7. The maximum Gasteiger partial charge on any atom is 0.249 e. The van der Waals surface area contributed by atoms with E-state index in [0.717, 1.165) is 38.4 Å². The van der Waals surface area contributed by atoms with E-state index in [1.807, 2.05) is 0 Å². The number of carbonyl (C=O) groups excluding carboxylic acids is 1. The Labute approximate surface area is 121 Å². The fourth-order valence-electron chi connectivity index (χ4n) is 2.11. The summed E-state index contributed by atoms with van der Waals surface area (Å²) in [5.74, 6) is 0.799. The van der Waals surface area contributed by atoms with Crippen LogP contribution in [0.3, 0.4) is 0 Å². The van der Waals surface area contributed by atoms with Gasteiger partial charge in [0.25, 0.3) is 0 Å². The van der Waals surface area contributed by atoms with E-state index >= 15 is 0 Å². The molecule has 0 unspecified atom stereocenters. The summed E-state index contributed by atoms with van der Waals surface area (Å²) < 4.78 is 11.0. The summed E-state index contributed by atoms with van der Waals surface area (Å²) in [5, 5.41) is 2.89. The van der Waals surface area contributed by atoms with E-state index < -0.39 is 0 Å². The molecule has 2 atom stereocenters. The molecule has 0 aromatic carbocycles. The lowest BCUT2D eigenvalue weighted by Gasteiger charge is -2.12. The lowest BCUT2D eigenvalue weighted by molar-refractivity contribution is -0.131. The van der Waals surface area contributed by atoms with E-state index in [1.54, 1.807) is 0 Å². The first-order valence-electron chi connectivity index (χ1n) is 7.00. The lowest BCUT2D eigenvalue weighted by Crippen LogP contribution is -2.36. The number of rotatable bonds is 8. The van der Waals surface area contributed by atoms with Gasteiger partial charge in [0.15, 0.2) is 0 Å². The number of hydrogen-bond acceptors (Lipinski definition) is 4. The maximum atomic E-state index is 11.7. The van der Waals surface area contributed by atoms with Gasteiger partial charge in [0.2, 0.25) is 5.91 Å². The molecule has 2 fully saturated rings. The van der Waals surface area contributed by atoms with Gasteiger partial charge in [-0.05, 0) is 38.0 Å². The van der Waals surface area contributed by atoms with E-state index in [1.165, 1.54) is 12.8 Å². The molecule has 0 spiro atoms. The zero-order valence-electron chi connectivity index (χ0n) is 11.3. The van der Waals surface area contributed by atoms with Crippen molar-refractivity contribution in [1.82, 2.24) is 5.32 Å². The molecule has 112 valence electrons. The van der Waals surface area contributed by atoms with Gasteiger partial charge in [0.05, 0.1) is 6.10 Å². The van der Waals surface area contributed by atoms with Crippen LogP contribution in [-0.4, -0.2) is 44.4 Å². The van der Waals surface area contributed by atoms with E-state index in [4.69, 9.17) is 15.2 Å². The highest BCUT2D eigenvalue weighted by atomic mass is 35.5. The zero-order chi connectivity index (χ0) is 12.8. The number of hydrogen-bond donors (Lipinski definition) is 2. The number of ether oxygens (including phenoxy) is 2. The van der Waals surface area contributed by atoms with Crippen molar-refractivity contribution in [2.75, 3.05) is 26.3 Å². The molecular formula is C13H25ClN2O3. The fraction of sp³-hybridized carbons (Fsp3) is 0.923.